The van der Waals surface area contributed by atoms with Crippen LogP contribution in [0.5, 0.6) is 0 Å². The van der Waals surface area contributed by atoms with Crippen LogP contribution in [0.4, 0.5) is 0 Å². The molecule has 2 N–H and O–H groups in total. The largest absolute Gasteiger partial charge is 0.351 e. The van der Waals surface area contributed by atoms with E-state index >= 15 is 0 Å². The number of H-pyrrole nitrogens is 1. The highest BCUT2D eigenvalue weighted by Gasteiger charge is 2.12. The fourth-order valence-corrected chi connectivity index (χ4v) is 2.64. The molecule has 0 atom stereocenters. The van der Waals surface area contributed by atoms with Crippen molar-refractivity contribution in [3.05, 3.63) is 44.7 Å². The van der Waals surface area contributed by atoms with Crippen LogP contribution in [0.1, 0.15) is 10.4 Å². The lowest BCUT2D eigenvalue weighted by molar-refractivity contribution is 0.0955. The van der Waals surface area contributed by atoms with E-state index in [0.717, 1.165) is 10.7 Å². The molecule has 0 aliphatic heterocycles. The number of hydrogen-bond acceptors (Lipinski definition) is 4. The first-order chi connectivity index (χ1) is 9.76. The van der Waals surface area contributed by atoms with Crippen molar-refractivity contribution >= 4 is 42.6 Å². The number of pyridine rings is 1. The van der Waals surface area contributed by atoms with Crippen molar-refractivity contribution in [2.45, 2.75) is 0 Å². The molecular formula is C13H13BrN2O4S. The molecule has 112 valence electrons. The number of aromatic nitrogens is 1. The third-order valence-corrected chi connectivity index (χ3v) is 4.25. The molecule has 0 saturated heterocycles. The van der Waals surface area contributed by atoms with Gasteiger partial charge < -0.3 is 10.3 Å². The summed E-state index contributed by atoms with van der Waals surface area (Å²) in [6, 6.07) is 6.77. The Bertz CT molecular complexity index is 858. The quantitative estimate of drug-likeness (QED) is 0.838. The molecule has 2 rings (SSSR count). The van der Waals surface area contributed by atoms with Crippen LogP contribution in [0.3, 0.4) is 0 Å². The number of benzene rings is 1. The van der Waals surface area contributed by atoms with E-state index in [0.29, 0.717) is 10.9 Å². The summed E-state index contributed by atoms with van der Waals surface area (Å²) in [6.45, 7) is -0.0341. The van der Waals surface area contributed by atoms with Crippen LogP contribution >= 0.6 is 15.9 Å². The number of hydrogen-bond donors (Lipinski definition) is 2. The fraction of sp³-hybridized carbons (Fsp3) is 0.231. The van der Waals surface area contributed by atoms with Crippen molar-refractivity contribution in [2.75, 3.05) is 18.6 Å². The van der Waals surface area contributed by atoms with Gasteiger partial charge in [-0.05, 0) is 24.3 Å². The van der Waals surface area contributed by atoms with Crippen LogP contribution < -0.4 is 10.9 Å². The maximum Gasteiger partial charge on any atom is 0.261 e. The Balaban J connectivity index is 2.26. The van der Waals surface area contributed by atoms with E-state index in [4.69, 9.17) is 0 Å². The Hall–Kier alpha value is -1.67. The SMILES string of the molecule is CS(=O)(=O)CCNC(=O)c1cc2cc(Br)ccc2[nH]c1=O. The maximum atomic E-state index is 11.9. The molecule has 0 unspecified atom stereocenters. The fourth-order valence-electron chi connectivity index (χ4n) is 1.79. The molecule has 2 aromatic rings. The van der Waals surface area contributed by atoms with E-state index in [2.05, 4.69) is 26.2 Å². The van der Waals surface area contributed by atoms with Gasteiger partial charge in [-0.25, -0.2) is 8.42 Å². The van der Waals surface area contributed by atoms with E-state index in [1.807, 2.05) is 0 Å². The molecule has 0 radical (unpaired) electrons. The zero-order valence-electron chi connectivity index (χ0n) is 11.1. The molecule has 1 aromatic carbocycles. The monoisotopic (exact) mass is 372 g/mol. The number of halogens is 1. The zero-order valence-corrected chi connectivity index (χ0v) is 13.5. The molecule has 0 aliphatic rings. The van der Waals surface area contributed by atoms with E-state index in [1.165, 1.54) is 6.07 Å². The molecule has 1 amide bonds. The van der Waals surface area contributed by atoms with Crippen LogP contribution in [-0.2, 0) is 9.84 Å². The van der Waals surface area contributed by atoms with Crippen molar-refractivity contribution in [1.29, 1.82) is 0 Å². The highest BCUT2D eigenvalue weighted by Crippen LogP contribution is 2.17. The predicted octanol–water partition coefficient (Wildman–Crippen LogP) is 1.06. The Morgan fingerprint density at radius 2 is 2.05 bits per heavy atom. The van der Waals surface area contributed by atoms with E-state index in [9.17, 15) is 18.0 Å². The molecule has 0 saturated carbocycles. The lowest BCUT2D eigenvalue weighted by atomic mass is 10.1. The summed E-state index contributed by atoms with van der Waals surface area (Å²) >= 11 is 3.32. The third kappa shape index (κ3) is 4.15. The van der Waals surface area contributed by atoms with Gasteiger partial charge in [0, 0.05) is 28.2 Å². The average Bonchev–Trinajstić information content (AvgIpc) is 2.36. The van der Waals surface area contributed by atoms with Gasteiger partial charge in [0.15, 0.2) is 0 Å². The number of carbonyl (C=O) groups is 1. The van der Waals surface area contributed by atoms with Crippen molar-refractivity contribution in [1.82, 2.24) is 10.3 Å². The summed E-state index contributed by atoms with van der Waals surface area (Å²) in [4.78, 5) is 26.4. The average molecular weight is 373 g/mol. The van der Waals surface area contributed by atoms with Crippen LogP contribution in [0.25, 0.3) is 10.9 Å². The van der Waals surface area contributed by atoms with Crippen molar-refractivity contribution in [3.8, 4) is 0 Å². The maximum absolute atomic E-state index is 11.9. The second-order valence-corrected chi connectivity index (χ2v) is 7.80. The molecule has 1 aromatic heterocycles. The van der Waals surface area contributed by atoms with Gasteiger partial charge >= 0.3 is 0 Å². The molecular weight excluding hydrogens is 360 g/mol. The summed E-state index contributed by atoms with van der Waals surface area (Å²) < 4.78 is 22.8. The third-order valence-electron chi connectivity index (χ3n) is 2.81. The number of sulfone groups is 1. The number of aromatic amines is 1. The minimum atomic E-state index is -3.16. The number of carbonyl (C=O) groups excluding carboxylic acids is 1. The lowest BCUT2D eigenvalue weighted by Gasteiger charge is -2.05. The topological polar surface area (TPSA) is 96.1 Å². The molecule has 6 nitrogen and oxygen atoms in total. The summed E-state index contributed by atoms with van der Waals surface area (Å²) in [6.07, 6.45) is 1.08. The first-order valence-corrected chi connectivity index (χ1v) is 8.90. The highest BCUT2D eigenvalue weighted by atomic mass is 79.9. The van der Waals surface area contributed by atoms with Gasteiger partial charge in [-0.1, -0.05) is 15.9 Å². The first-order valence-electron chi connectivity index (χ1n) is 6.05. The Labute approximate surface area is 129 Å². The van der Waals surface area contributed by atoms with Gasteiger partial charge in [-0.2, -0.15) is 0 Å². The Morgan fingerprint density at radius 1 is 1.33 bits per heavy atom. The lowest BCUT2D eigenvalue weighted by Crippen LogP contribution is -2.32. The second kappa shape index (κ2) is 5.98. The summed E-state index contributed by atoms with van der Waals surface area (Å²) in [5, 5.41) is 3.13. The Kier molecular flexibility index (Phi) is 4.48. The standard InChI is InChI=1S/C13H13BrN2O4S/c1-21(19,20)5-4-15-12(17)10-7-8-6-9(14)2-3-11(8)16-13(10)18/h2-3,6-7H,4-5H2,1H3,(H,15,17)(H,16,18). The van der Waals surface area contributed by atoms with E-state index in [-0.39, 0.29) is 17.9 Å². The van der Waals surface area contributed by atoms with E-state index < -0.39 is 21.3 Å². The molecule has 0 bridgehead atoms. The van der Waals surface area contributed by atoms with Gasteiger partial charge in [0.1, 0.15) is 15.4 Å². The summed E-state index contributed by atoms with van der Waals surface area (Å²) in [5.74, 6) is -0.766. The number of rotatable bonds is 4. The van der Waals surface area contributed by atoms with Gasteiger partial charge in [-0.3, -0.25) is 9.59 Å². The van der Waals surface area contributed by atoms with Crippen molar-refractivity contribution < 1.29 is 13.2 Å². The highest BCUT2D eigenvalue weighted by molar-refractivity contribution is 9.10. The van der Waals surface area contributed by atoms with Crippen molar-refractivity contribution in [3.63, 3.8) is 0 Å². The molecule has 0 aliphatic carbocycles. The molecule has 0 spiro atoms. The van der Waals surface area contributed by atoms with Crippen LogP contribution in [-0.4, -0.2) is 37.9 Å². The predicted molar refractivity (Wildman–Crippen MR) is 84.3 cm³/mol. The smallest absolute Gasteiger partial charge is 0.261 e. The molecule has 0 fully saturated rings. The van der Waals surface area contributed by atoms with Gasteiger partial charge in [0.05, 0.1) is 5.75 Å². The van der Waals surface area contributed by atoms with Crippen LogP contribution in [0.2, 0.25) is 0 Å². The van der Waals surface area contributed by atoms with Crippen molar-refractivity contribution in [2.24, 2.45) is 0 Å². The summed E-state index contributed by atoms with van der Waals surface area (Å²) in [5.41, 5.74) is 0.0617. The Morgan fingerprint density at radius 3 is 2.71 bits per heavy atom. The molecule has 21 heavy (non-hydrogen) atoms. The number of fused-ring (bicyclic) bond motifs is 1. The van der Waals surface area contributed by atoms with Crippen LogP contribution in [0, 0.1) is 0 Å². The second-order valence-electron chi connectivity index (χ2n) is 4.63. The minimum Gasteiger partial charge on any atom is -0.351 e. The normalized spacial score (nSPS) is 11.5. The first kappa shape index (κ1) is 15.7. The molecule has 1 heterocycles. The summed E-state index contributed by atoms with van der Waals surface area (Å²) in [7, 11) is -3.16. The number of nitrogens with one attached hydrogen (secondary N) is 2. The zero-order chi connectivity index (χ0) is 15.6. The minimum absolute atomic E-state index is 0.0341. The van der Waals surface area contributed by atoms with Gasteiger partial charge in [0.2, 0.25) is 0 Å². The van der Waals surface area contributed by atoms with E-state index in [1.54, 1.807) is 18.2 Å². The van der Waals surface area contributed by atoms with Gasteiger partial charge in [-0.15, -0.1) is 0 Å². The van der Waals surface area contributed by atoms with Gasteiger partial charge in [0.25, 0.3) is 11.5 Å². The number of amides is 1. The van der Waals surface area contributed by atoms with Crippen LogP contribution in [0.15, 0.2) is 33.5 Å². The molecule has 8 heteroatoms.